The van der Waals surface area contributed by atoms with E-state index in [-0.39, 0.29) is 17.6 Å². The van der Waals surface area contributed by atoms with Crippen molar-refractivity contribution in [1.82, 2.24) is 14.8 Å². The summed E-state index contributed by atoms with van der Waals surface area (Å²) >= 11 is 0. The number of anilines is 1. The van der Waals surface area contributed by atoms with Gasteiger partial charge in [0.15, 0.2) is 5.82 Å². The van der Waals surface area contributed by atoms with Crippen molar-refractivity contribution in [3.05, 3.63) is 59.5 Å². The summed E-state index contributed by atoms with van der Waals surface area (Å²) in [5.74, 6) is -0.147. The number of nitrogen functional groups attached to an aromatic ring is 1. The minimum absolute atomic E-state index is 0.0156. The topological polar surface area (TPSA) is 56.7 Å². The number of pyridine rings is 1. The first-order chi connectivity index (χ1) is 12.9. The molecule has 1 unspecified atom stereocenters. The summed E-state index contributed by atoms with van der Waals surface area (Å²) in [6.45, 7) is 6.10. The van der Waals surface area contributed by atoms with E-state index in [0.717, 1.165) is 30.0 Å². The van der Waals surface area contributed by atoms with Crippen LogP contribution in [0.15, 0.2) is 48.2 Å². The number of rotatable bonds is 3. The maximum atomic E-state index is 13.2. The van der Waals surface area contributed by atoms with Gasteiger partial charge < -0.3 is 5.73 Å². The van der Waals surface area contributed by atoms with E-state index in [1.54, 1.807) is 6.07 Å². The highest BCUT2D eigenvalue weighted by Crippen LogP contribution is 2.34. The molecule has 2 aromatic rings. The molecule has 0 aromatic carbocycles. The molecule has 0 saturated carbocycles. The molecule has 1 atom stereocenters. The van der Waals surface area contributed by atoms with Gasteiger partial charge in [-0.1, -0.05) is 44.6 Å². The Morgan fingerprint density at radius 3 is 2.70 bits per heavy atom. The third-order valence-electron chi connectivity index (χ3n) is 4.33. The first kappa shape index (κ1) is 20.7. The van der Waals surface area contributed by atoms with Gasteiger partial charge in [0.25, 0.3) is 0 Å². The lowest BCUT2D eigenvalue weighted by molar-refractivity contribution is -0.137. The van der Waals surface area contributed by atoms with Crippen LogP contribution in [0.2, 0.25) is 0 Å². The number of hydrogen-bond acceptors (Lipinski definition) is 3. The average molecular weight is 378 g/mol. The standard InChI is InChI=1S/C18H19F3N4.C2H6/c1-2-12-5-3-6-13(9-8-12)15-11-16(22)25(24-15)17-14(18(19,20)21)7-4-10-23-17;1-2/h3-7,10-11,13H,2,8-9,22H2,1H3;1-2H3. The number of nitrogens with zero attached hydrogens (tertiary/aromatic N) is 3. The van der Waals surface area contributed by atoms with Crippen molar-refractivity contribution in [2.75, 3.05) is 5.73 Å². The number of alkyl halides is 3. The second-order valence-corrected chi connectivity index (χ2v) is 5.99. The van der Waals surface area contributed by atoms with Crippen molar-refractivity contribution in [2.45, 2.75) is 52.1 Å². The lowest BCUT2D eigenvalue weighted by atomic mass is 9.98. The molecule has 3 rings (SSSR count). The van der Waals surface area contributed by atoms with Gasteiger partial charge in [0.2, 0.25) is 0 Å². The van der Waals surface area contributed by atoms with Crippen LogP contribution in [0.3, 0.4) is 0 Å². The predicted molar refractivity (Wildman–Crippen MR) is 102 cm³/mol. The fourth-order valence-corrected chi connectivity index (χ4v) is 2.94. The molecular formula is C20H25F3N4. The van der Waals surface area contributed by atoms with Crippen LogP contribution >= 0.6 is 0 Å². The minimum Gasteiger partial charge on any atom is -0.384 e. The van der Waals surface area contributed by atoms with Crippen LogP contribution in [0.1, 0.15) is 57.2 Å². The zero-order chi connectivity index (χ0) is 20.0. The lowest BCUT2D eigenvalue weighted by Gasteiger charge is -2.12. The first-order valence-electron chi connectivity index (χ1n) is 9.14. The highest BCUT2D eigenvalue weighted by Gasteiger charge is 2.35. The molecule has 146 valence electrons. The van der Waals surface area contributed by atoms with Gasteiger partial charge in [0.05, 0.1) is 5.69 Å². The molecule has 4 nitrogen and oxygen atoms in total. The van der Waals surface area contributed by atoms with E-state index in [1.165, 1.54) is 17.8 Å². The van der Waals surface area contributed by atoms with Crippen molar-refractivity contribution >= 4 is 5.82 Å². The fourth-order valence-electron chi connectivity index (χ4n) is 2.94. The van der Waals surface area contributed by atoms with Crippen LogP contribution in [0.5, 0.6) is 0 Å². The number of nitrogens with two attached hydrogens (primary N) is 1. The summed E-state index contributed by atoms with van der Waals surface area (Å²) < 4.78 is 40.7. The maximum Gasteiger partial charge on any atom is 0.420 e. The van der Waals surface area contributed by atoms with Crippen molar-refractivity contribution < 1.29 is 13.2 Å². The molecule has 0 spiro atoms. The molecule has 1 aliphatic carbocycles. The van der Waals surface area contributed by atoms with Gasteiger partial charge in [-0.05, 0) is 31.4 Å². The van der Waals surface area contributed by atoms with Crippen LogP contribution in [-0.2, 0) is 6.18 Å². The SMILES string of the molecule is CC.CCC1=CC=CC(c2cc(N)n(-c3ncccc3C(F)(F)F)n2)CC1. The zero-order valence-electron chi connectivity index (χ0n) is 15.8. The smallest absolute Gasteiger partial charge is 0.384 e. The van der Waals surface area contributed by atoms with Gasteiger partial charge in [0, 0.05) is 18.2 Å². The summed E-state index contributed by atoms with van der Waals surface area (Å²) in [7, 11) is 0. The zero-order valence-corrected chi connectivity index (χ0v) is 15.8. The molecule has 0 aliphatic heterocycles. The number of aromatic nitrogens is 3. The van der Waals surface area contributed by atoms with E-state index in [9.17, 15) is 13.2 Å². The van der Waals surface area contributed by atoms with Crippen molar-refractivity contribution in [3.8, 4) is 5.82 Å². The van der Waals surface area contributed by atoms with E-state index in [4.69, 9.17) is 5.73 Å². The molecule has 2 aromatic heterocycles. The number of hydrogen-bond donors (Lipinski definition) is 1. The van der Waals surface area contributed by atoms with Crippen molar-refractivity contribution in [1.29, 1.82) is 0 Å². The Morgan fingerprint density at radius 2 is 2.04 bits per heavy atom. The summed E-state index contributed by atoms with van der Waals surface area (Å²) in [6, 6.07) is 3.85. The summed E-state index contributed by atoms with van der Waals surface area (Å²) in [4.78, 5) is 3.85. The van der Waals surface area contributed by atoms with Gasteiger partial charge in [-0.2, -0.15) is 23.0 Å². The normalized spacial score (nSPS) is 17.0. The maximum absolute atomic E-state index is 13.2. The Hall–Kier alpha value is -2.57. The molecule has 0 radical (unpaired) electrons. The summed E-state index contributed by atoms with van der Waals surface area (Å²) in [5, 5.41) is 4.33. The molecule has 0 saturated heterocycles. The van der Waals surface area contributed by atoms with Gasteiger partial charge in [0.1, 0.15) is 11.4 Å². The fraction of sp³-hybridized carbons (Fsp3) is 0.400. The third kappa shape index (κ3) is 4.78. The van der Waals surface area contributed by atoms with Gasteiger partial charge in [-0.3, -0.25) is 0 Å². The second-order valence-electron chi connectivity index (χ2n) is 5.99. The molecule has 0 amide bonds. The van der Waals surface area contributed by atoms with Crippen molar-refractivity contribution in [3.63, 3.8) is 0 Å². The van der Waals surface area contributed by atoms with E-state index < -0.39 is 11.7 Å². The molecule has 2 N–H and O–H groups in total. The highest BCUT2D eigenvalue weighted by molar-refractivity contribution is 5.45. The molecular weight excluding hydrogens is 353 g/mol. The number of allylic oxidation sites excluding steroid dienone is 4. The first-order valence-corrected chi connectivity index (χ1v) is 9.14. The molecule has 7 heteroatoms. The van der Waals surface area contributed by atoms with Gasteiger partial charge >= 0.3 is 6.18 Å². The summed E-state index contributed by atoms with van der Waals surface area (Å²) in [6.07, 6.45) is 5.61. The molecule has 0 bridgehead atoms. The Morgan fingerprint density at radius 1 is 1.30 bits per heavy atom. The Kier molecular flexibility index (Phi) is 6.82. The molecule has 0 fully saturated rings. The highest BCUT2D eigenvalue weighted by atomic mass is 19.4. The second kappa shape index (κ2) is 8.88. The largest absolute Gasteiger partial charge is 0.420 e. The third-order valence-corrected chi connectivity index (χ3v) is 4.33. The van der Waals surface area contributed by atoms with E-state index in [0.29, 0.717) is 5.69 Å². The van der Waals surface area contributed by atoms with Gasteiger partial charge in [-0.25, -0.2) is 4.98 Å². The molecule has 27 heavy (non-hydrogen) atoms. The van der Waals surface area contributed by atoms with E-state index in [2.05, 4.69) is 23.1 Å². The minimum atomic E-state index is -4.52. The Labute approximate surface area is 157 Å². The van der Waals surface area contributed by atoms with Crippen LogP contribution in [0, 0.1) is 0 Å². The van der Waals surface area contributed by atoms with E-state index >= 15 is 0 Å². The van der Waals surface area contributed by atoms with Crippen LogP contribution < -0.4 is 5.73 Å². The lowest BCUT2D eigenvalue weighted by Crippen LogP contribution is -2.14. The Balaban J connectivity index is 0.00000126. The number of halogens is 3. The van der Waals surface area contributed by atoms with Crippen molar-refractivity contribution in [2.24, 2.45) is 0 Å². The van der Waals surface area contributed by atoms with Crippen LogP contribution in [-0.4, -0.2) is 14.8 Å². The Bertz CT molecular complexity index is 819. The molecule has 2 heterocycles. The van der Waals surface area contributed by atoms with Crippen LogP contribution in [0.4, 0.5) is 19.0 Å². The molecule has 1 aliphatic rings. The predicted octanol–water partition coefficient (Wildman–Crippen LogP) is 5.66. The van der Waals surface area contributed by atoms with Gasteiger partial charge in [-0.15, -0.1) is 0 Å². The van der Waals surface area contributed by atoms with E-state index in [1.807, 2.05) is 26.0 Å². The monoisotopic (exact) mass is 378 g/mol. The van der Waals surface area contributed by atoms with Crippen LogP contribution in [0.25, 0.3) is 5.82 Å². The quantitative estimate of drug-likeness (QED) is 0.749. The summed E-state index contributed by atoms with van der Waals surface area (Å²) in [5.41, 5.74) is 7.08. The average Bonchev–Trinajstić information content (AvgIpc) is 2.89.